The first-order valence-corrected chi connectivity index (χ1v) is 11.1. The van der Waals surface area contributed by atoms with Gasteiger partial charge in [-0.2, -0.15) is 11.8 Å². The van der Waals surface area contributed by atoms with Crippen LogP contribution < -0.4 is 5.32 Å². The van der Waals surface area contributed by atoms with Crippen LogP contribution in [-0.2, 0) is 9.53 Å². The van der Waals surface area contributed by atoms with Crippen molar-refractivity contribution in [2.45, 2.75) is 31.2 Å². The molecule has 30 heavy (non-hydrogen) atoms. The van der Waals surface area contributed by atoms with Crippen LogP contribution >= 0.6 is 11.8 Å². The number of nitrogens with one attached hydrogen (secondary N) is 1. The summed E-state index contributed by atoms with van der Waals surface area (Å²) in [6.45, 7) is 0.160. The highest BCUT2D eigenvalue weighted by molar-refractivity contribution is 7.99. The minimum absolute atomic E-state index is 0.0573. The molecule has 0 saturated heterocycles. The maximum atomic E-state index is 12.3. The van der Waals surface area contributed by atoms with Crippen molar-refractivity contribution in [2.24, 2.45) is 0 Å². The number of thioether (sulfide) groups is 1. The smallest absolute Gasteiger partial charge is 0.407 e. The van der Waals surface area contributed by atoms with Gasteiger partial charge >= 0.3 is 12.1 Å². The summed E-state index contributed by atoms with van der Waals surface area (Å²) in [6.07, 6.45) is 6.46. The summed E-state index contributed by atoms with van der Waals surface area (Å²) >= 11 is 1.63. The molecular formula is C24H25NO4S. The quantitative estimate of drug-likeness (QED) is 0.434. The van der Waals surface area contributed by atoms with Crippen molar-refractivity contribution in [1.29, 1.82) is 0 Å². The Hall–Kier alpha value is -2.91. The maximum absolute atomic E-state index is 12.3. The van der Waals surface area contributed by atoms with Crippen LogP contribution in [0.25, 0.3) is 11.1 Å². The number of carbonyl (C=O) groups excluding carboxylic acids is 1. The van der Waals surface area contributed by atoms with Gasteiger partial charge in [0, 0.05) is 12.3 Å². The highest BCUT2D eigenvalue weighted by atomic mass is 32.2. The minimum atomic E-state index is -1.06. The number of carbonyl (C=O) groups is 2. The number of alkyl carbamates (subject to hydrolysis) is 1. The molecule has 0 fully saturated rings. The van der Waals surface area contributed by atoms with Crippen molar-refractivity contribution in [3.63, 3.8) is 0 Å². The Morgan fingerprint density at radius 2 is 1.73 bits per heavy atom. The van der Waals surface area contributed by atoms with E-state index >= 15 is 0 Å². The number of rotatable bonds is 10. The molecule has 1 aliphatic rings. The molecule has 0 saturated carbocycles. The molecule has 1 atom stereocenters. The van der Waals surface area contributed by atoms with Crippen LogP contribution in [0.2, 0.25) is 0 Å². The summed E-state index contributed by atoms with van der Waals surface area (Å²) in [4.78, 5) is 23.8. The second-order valence-corrected chi connectivity index (χ2v) is 8.29. The van der Waals surface area contributed by atoms with E-state index in [1.54, 1.807) is 11.8 Å². The molecule has 0 radical (unpaired) electrons. The van der Waals surface area contributed by atoms with Crippen molar-refractivity contribution >= 4 is 23.8 Å². The number of aliphatic carboxylic acids is 1. The first kappa shape index (κ1) is 21.8. The number of fused-ring (bicyclic) bond motifs is 3. The lowest BCUT2D eigenvalue weighted by molar-refractivity contribution is -0.139. The summed E-state index contributed by atoms with van der Waals surface area (Å²) in [5, 5.41) is 11.9. The first-order chi connectivity index (χ1) is 14.6. The van der Waals surface area contributed by atoms with Gasteiger partial charge in [-0.05, 0) is 46.6 Å². The van der Waals surface area contributed by atoms with E-state index in [1.807, 2.05) is 36.4 Å². The van der Waals surface area contributed by atoms with Gasteiger partial charge in [-0.15, -0.1) is 12.3 Å². The number of hydrogen-bond acceptors (Lipinski definition) is 4. The highest BCUT2D eigenvalue weighted by Crippen LogP contribution is 2.44. The largest absolute Gasteiger partial charge is 0.480 e. The molecule has 0 bridgehead atoms. The van der Waals surface area contributed by atoms with Crippen LogP contribution in [0.5, 0.6) is 0 Å². The summed E-state index contributed by atoms with van der Waals surface area (Å²) in [5.41, 5.74) is 4.52. The fourth-order valence-corrected chi connectivity index (χ4v) is 4.57. The lowest BCUT2D eigenvalue weighted by Crippen LogP contribution is -2.41. The topological polar surface area (TPSA) is 75.6 Å². The number of terminal acetylenes is 1. The molecule has 1 aliphatic carbocycles. The van der Waals surface area contributed by atoms with E-state index in [9.17, 15) is 14.7 Å². The van der Waals surface area contributed by atoms with E-state index in [1.165, 1.54) is 0 Å². The second kappa shape index (κ2) is 10.7. The van der Waals surface area contributed by atoms with Gasteiger partial charge in [-0.25, -0.2) is 9.59 Å². The molecule has 1 amide bonds. The first-order valence-electron chi connectivity index (χ1n) is 9.97. The third-order valence-electron chi connectivity index (χ3n) is 5.09. The molecule has 0 aromatic heterocycles. The average Bonchev–Trinajstić information content (AvgIpc) is 3.07. The van der Waals surface area contributed by atoms with Crippen LogP contribution in [0, 0.1) is 12.3 Å². The molecular weight excluding hydrogens is 398 g/mol. The van der Waals surface area contributed by atoms with Crippen LogP contribution in [0.4, 0.5) is 4.79 Å². The average molecular weight is 424 g/mol. The van der Waals surface area contributed by atoms with E-state index in [0.717, 1.165) is 34.4 Å². The molecule has 2 aromatic carbocycles. The van der Waals surface area contributed by atoms with Gasteiger partial charge in [0.1, 0.15) is 12.6 Å². The van der Waals surface area contributed by atoms with Crippen molar-refractivity contribution in [3.05, 3.63) is 59.7 Å². The van der Waals surface area contributed by atoms with E-state index in [-0.39, 0.29) is 12.5 Å². The van der Waals surface area contributed by atoms with Crippen molar-refractivity contribution < 1.29 is 19.4 Å². The number of unbranched alkanes of at least 4 members (excludes halogenated alkanes) is 1. The monoisotopic (exact) mass is 423 g/mol. The third kappa shape index (κ3) is 5.37. The molecule has 5 nitrogen and oxygen atoms in total. The summed E-state index contributed by atoms with van der Waals surface area (Å²) in [5.74, 6) is 2.97. The van der Waals surface area contributed by atoms with Gasteiger partial charge in [-0.1, -0.05) is 48.5 Å². The molecule has 2 N–H and O–H groups in total. The zero-order valence-electron chi connectivity index (χ0n) is 16.7. The predicted molar refractivity (Wildman–Crippen MR) is 120 cm³/mol. The number of carboxylic acid groups (broad SMARTS) is 1. The normalized spacial score (nSPS) is 13.0. The molecule has 0 spiro atoms. The maximum Gasteiger partial charge on any atom is 0.407 e. The summed E-state index contributed by atoms with van der Waals surface area (Å²) in [7, 11) is 0. The van der Waals surface area contributed by atoms with Crippen LogP contribution in [0.1, 0.15) is 36.3 Å². The molecule has 1 unspecified atom stereocenters. The minimum Gasteiger partial charge on any atom is -0.480 e. The lowest BCUT2D eigenvalue weighted by atomic mass is 9.98. The number of amides is 1. The van der Waals surface area contributed by atoms with Crippen molar-refractivity contribution in [3.8, 4) is 23.5 Å². The predicted octanol–water partition coefficient (Wildman–Crippen LogP) is 4.52. The van der Waals surface area contributed by atoms with E-state index in [0.29, 0.717) is 18.6 Å². The van der Waals surface area contributed by atoms with Crippen LogP contribution in [0.3, 0.4) is 0 Å². The van der Waals surface area contributed by atoms with Crippen LogP contribution in [-0.4, -0.2) is 41.3 Å². The number of ether oxygens (including phenoxy) is 1. The number of carboxylic acids is 1. The van der Waals surface area contributed by atoms with Gasteiger partial charge in [-0.3, -0.25) is 0 Å². The van der Waals surface area contributed by atoms with Gasteiger partial charge in [0.25, 0.3) is 0 Å². The van der Waals surface area contributed by atoms with Crippen molar-refractivity contribution in [2.75, 3.05) is 18.1 Å². The zero-order valence-corrected chi connectivity index (χ0v) is 17.5. The summed E-state index contributed by atoms with van der Waals surface area (Å²) < 4.78 is 5.44. The molecule has 0 aliphatic heterocycles. The molecule has 0 heterocycles. The fraction of sp³-hybridized carbons (Fsp3) is 0.333. The number of hydrogen-bond donors (Lipinski definition) is 2. The van der Waals surface area contributed by atoms with Gasteiger partial charge in [0.2, 0.25) is 0 Å². The van der Waals surface area contributed by atoms with Gasteiger partial charge in [0.15, 0.2) is 0 Å². The van der Waals surface area contributed by atoms with E-state index in [2.05, 4.69) is 23.4 Å². The Labute approximate surface area is 181 Å². The Balaban J connectivity index is 1.53. The Kier molecular flexibility index (Phi) is 7.81. The SMILES string of the molecule is C#CCCCSCCC(NC(=O)OCC1c2ccccc2-c2ccccc21)C(=O)O. The molecule has 6 heteroatoms. The fourth-order valence-electron chi connectivity index (χ4n) is 3.62. The highest BCUT2D eigenvalue weighted by Gasteiger charge is 2.29. The molecule has 2 aromatic rings. The Bertz CT molecular complexity index is 891. The van der Waals surface area contributed by atoms with Crippen molar-refractivity contribution in [1.82, 2.24) is 5.32 Å². The van der Waals surface area contributed by atoms with E-state index in [4.69, 9.17) is 11.2 Å². The standard InChI is InChI=1S/C24H25NO4S/c1-2-3-8-14-30-15-13-22(23(26)27)25-24(28)29-16-21-19-11-6-4-9-17(19)18-10-5-7-12-20(18)21/h1,4-7,9-12,21-22H,3,8,13-16H2,(H,25,28)(H,26,27). The second-order valence-electron chi connectivity index (χ2n) is 7.07. The Morgan fingerprint density at radius 3 is 2.33 bits per heavy atom. The third-order valence-corrected chi connectivity index (χ3v) is 6.20. The Morgan fingerprint density at radius 1 is 1.10 bits per heavy atom. The molecule has 156 valence electrons. The summed E-state index contributed by atoms with van der Waals surface area (Å²) in [6, 6.07) is 15.2. The van der Waals surface area contributed by atoms with Crippen LogP contribution in [0.15, 0.2) is 48.5 Å². The lowest BCUT2D eigenvalue weighted by Gasteiger charge is -2.17. The van der Waals surface area contributed by atoms with E-state index < -0.39 is 18.1 Å². The van der Waals surface area contributed by atoms with Gasteiger partial charge in [0.05, 0.1) is 0 Å². The van der Waals surface area contributed by atoms with Gasteiger partial charge < -0.3 is 15.2 Å². The number of benzene rings is 2. The molecule has 3 rings (SSSR count). The zero-order chi connectivity index (χ0) is 21.3.